The Hall–Kier alpha value is -1.98. The summed E-state index contributed by atoms with van der Waals surface area (Å²) >= 11 is 0. The largest absolute Gasteiger partial charge is 0.391 e. The van der Waals surface area contributed by atoms with Crippen molar-refractivity contribution in [3.05, 3.63) is 42.1 Å². The molecule has 126 valence electrons. The standard InChI is InChI=1S/C19H23N3O2/c23-18-8-2-7-17(18)21-10-12-22(13-11-21)19(24)15-4-1-6-16-14(15)5-3-9-20-16/h1,3-6,9,17-18,23H,2,7-8,10-13H2/t17-,18-/m1/s1. The second kappa shape index (κ2) is 6.49. The second-order valence-electron chi connectivity index (χ2n) is 6.77. The van der Waals surface area contributed by atoms with Gasteiger partial charge in [-0.3, -0.25) is 14.7 Å². The van der Waals surface area contributed by atoms with Crippen LogP contribution in [0.2, 0.25) is 0 Å². The van der Waals surface area contributed by atoms with E-state index < -0.39 is 0 Å². The van der Waals surface area contributed by atoms with Crippen LogP contribution in [0, 0.1) is 0 Å². The van der Waals surface area contributed by atoms with Gasteiger partial charge in [-0.15, -0.1) is 0 Å². The van der Waals surface area contributed by atoms with E-state index in [1.807, 2.05) is 35.2 Å². The van der Waals surface area contributed by atoms with Crippen molar-refractivity contribution in [1.82, 2.24) is 14.8 Å². The van der Waals surface area contributed by atoms with Crippen LogP contribution in [0.15, 0.2) is 36.5 Å². The highest BCUT2D eigenvalue weighted by Gasteiger charge is 2.33. The highest BCUT2D eigenvalue weighted by atomic mass is 16.3. The van der Waals surface area contributed by atoms with E-state index in [4.69, 9.17) is 0 Å². The summed E-state index contributed by atoms with van der Waals surface area (Å²) in [6, 6.07) is 9.83. The van der Waals surface area contributed by atoms with Crippen LogP contribution in [-0.2, 0) is 0 Å². The molecule has 1 saturated heterocycles. The molecule has 1 aliphatic heterocycles. The van der Waals surface area contributed by atoms with Crippen molar-refractivity contribution < 1.29 is 9.90 Å². The van der Waals surface area contributed by atoms with Gasteiger partial charge in [0.15, 0.2) is 0 Å². The predicted molar refractivity (Wildman–Crippen MR) is 92.9 cm³/mol. The number of amides is 1. The van der Waals surface area contributed by atoms with Crippen LogP contribution in [0.1, 0.15) is 29.6 Å². The first-order valence-corrected chi connectivity index (χ1v) is 8.79. The van der Waals surface area contributed by atoms with Gasteiger partial charge in [0.2, 0.25) is 0 Å². The van der Waals surface area contributed by atoms with Crippen LogP contribution in [0.5, 0.6) is 0 Å². The fourth-order valence-corrected chi connectivity index (χ4v) is 4.06. The lowest BCUT2D eigenvalue weighted by atomic mass is 10.1. The van der Waals surface area contributed by atoms with Crippen molar-refractivity contribution in [2.75, 3.05) is 26.2 Å². The van der Waals surface area contributed by atoms with Gasteiger partial charge in [0.1, 0.15) is 0 Å². The molecule has 5 nitrogen and oxygen atoms in total. The Balaban J connectivity index is 1.48. The summed E-state index contributed by atoms with van der Waals surface area (Å²) < 4.78 is 0. The Morgan fingerprint density at radius 2 is 1.92 bits per heavy atom. The Bertz CT molecular complexity index is 735. The maximum atomic E-state index is 12.9. The van der Waals surface area contributed by atoms with E-state index in [9.17, 15) is 9.90 Å². The molecular formula is C19H23N3O2. The lowest BCUT2D eigenvalue weighted by Gasteiger charge is -2.39. The molecule has 4 rings (SSSR count). The van der Waals surface area contributed by atoms with E-state index in [1.54, 1.807) is 6.20 Å². The van der Waals surface area contributed by atoms with Crippen molar-refractivity contribution in [1.29, 1.82) is 0 Å². The first-order valence-electron chi connectivity index (χ1n) is 8.79. The summed E-state index contributed by atoms with van der Waals surface area (Å²) in [6.45, 7) is 3.13. The molecule has 1 amide bonds. The molecule has 24 heavy (non-hydrogen) atoms. The number of carbonyl (C=O) groups excluding carboxylic acids is 1. The normalized spacial score (nSPS) is 25.3. The van der Waals surface area contributed by atoms with Gasteiger partial charge in [-0.25, -0.2) is 0 Å². The van der Waals surface area contributed by atoms with Crippen LogP contribution in [0.3, 0.4) is 0 Å². The van der Waals surface area contributed by atoms with Crippen LogP contribution in [0.25, 0.3) is 10.9 Å². The number of benzene rings is 1. The Morgan fingerprint density at radius 1 is 1.08 bits per heavy atom. The third kappa shape index (κ3) is 2.78. The predicted octanol–water partition coefficient (Wildman–Crippen LogP) is 1.91. The van der Waals surface area contributed by atoms with Crippen molar-refractivity contribution >= 4 is 16.8 Å². The molecule has 2 aromatic rings. The van der Waals surface area contributed by atoms with E-state index in [0.717, 1.165) is 61.9 Å². The van der Waals surface area contributed by atoms with Crippen LogP contribution >= 0.6 is 0 Å². The van der Waals surface area contributed by atoms with Crippen molar-refractivity contribution in [3.63, 3.8) is 0 Å². The molecule has 1 aliphatic carbocycles. The van der Waals surface area contributed by atoms with Crippen molar-refractivity contribution in [2.45, 2.75) is 31.4 Å². The van der Waals surface area contributed by atoms with Crippen LogP contribution < -0.4 is 0 Å². The van der Waals surface area contributed by atoms with Gasteiger partial charge in [0.25, 0.3) is 5.91 Å². The minimum absolute atomic E-state index is 0.0835. The SMILES string of the molecule is O=C(c1cccc2ncccc12)N1CCN([C@@H]2CCC[C@H]2O)CC1. The summed E-state index contributed by atoms with van der Waals surface area (Å²) in [7, 11) is 0. The Kier molecular flexibility index (Phi) is 4.21. The zero-order valence-electron chi connectivity index (χ0n) is 13.8. The lowest BCUT2D eigenvalue weighted by Crippen LogP contribution is -2.53. The summed E-state index contributed by atoms with van der Waals surface area (Å²) in [5, 5.41) is 11.0. The average molecular weight is 325 g/mol. The van der Waals surface area contributed by atoms with Gasteiger partial charge in [-0.05, 0) is 37.5 Å². The summed E-state index contributed by atoms with van der Waals surface area (Å²) in [6.07, 6.45) is 4.64. The molecule has 1 aromatic heterocycles. The van der Waals surface area contributed by atoms with Gasteiger partial charge in [-0.2, -0.15) is 0 Å². The number of carbonyl (C=O) groups is 1. The van der Waals surface area contributed by atoms with Gasteiger partial charge in [0, 0.05) is 49.4 Å². The molecule has 0 unspecified atom stereocenters. The quantitative estimate of drug-likeness (QED) is 0.916. The van der Waals surface area contributed by atoms with Gasteiger partial charge >= 0.3 is 0 Å². The van der Waals surface area contributed by atoms with E-state index in [-0.39, 0.29) is 18.1 Å². The third-order valence-corrected chi connectivity index (χ3v) is 5.39. The van der Waals surface area contributed by atoms with Crippen molar-refractivity contribution in [3.8, 4) is 0 Å². The number of pyridine rings is 1. The molecule has 1 saturated carbocycles. The van der Waals surface area contributed by atoms with Gasteiger partial charge < -0.3 is 10.0 Å². The molecule has 1 aromatic carbocycles. The average Bonchev–Trinajstić information content (AvgIpc) is 3.07. The number of hydrogen-bond donors (Lipinski definition) is 1. The highest BCUT2D eigenvalue weighted by molar-refractivity contribution is 6.06. The van der Waals surface area contributed by atoms with E-state index in [2.05, 4.69) is 9.88 Å². The maximum Gasteiger partial charge on any atom is 0.254 e. The van der Waals surface area contributed by atoms with Gasteiger partial charge in [0.05, 0.1) is 11.6 Å². The zero-order chi connectivity index (χ0) is 16.5. The summed E-state index contributed by atoms with van der Waals surface area (Å²) in [4.78, 5) is 21.6. The first kappa shape index (κ1) is 15.5. The lowest BCUT2D eigenvalue weighted by molar-refractivity contribution is 0.0316. The number of aliphatic hydroxyl groups is 1. The van der Waals surface area contributed by atoms with E-state index in [1.165, 1.54) is 0 Å². The van der Waals surface area contributed by atoms with Crippen LogP contribution in [0.4, 0.5) is 0 Å². The third-order valence-electron chi connectivity index (χ3n) is 5.39. The number of aromatic nitrogens is 1. The molecule has 0 bridgehead atoms. The topological polar surface area (TPSA) is 56.7 Å². The zero-order valence-corrected chi connectivity index (χ0v) is 13.8. The number of nitrogens with zero attached hydrogens (tertiary/aromatic N) is 3. The second-order valence-corrected chi connectivity index (χ2v) is 6.77. The molecule has 5 heteroatoms. The molecule has 2 fully saturated rings. The maximum absolute atomic E-state index is 12.9. The Morgan fingerprint density at radius 3 is 2.67 bits per heavy atom. The number of aliphatic hydroxyl groups excluding tert-OH is 1. The molecule has 1 N–H and O–H groups in total. The number of fused-ring (bicyclic) bond motifs is 1. The Labute approximate surface area is 141 Å². The first-order chi connectivity index (χ1) is 11.7. The number of rotatable bonds is 2. The summed E-state index contributed by atoms with van der Waals surface area (Å²) in [5.74, 6) is 0.0835. The minimum atomic E-state index is -0.198. The smallest absolute Gasteiger partial charge is 0.254 e. The molecule has 2 aliphatic rings. The molecule has 2 atom stereocenters. The summed E-state index contributed by atoms with van der Waals surface area (Å²) in [5.41, 5.74) is 1.59. The number of piperazine rings is 1. The van der Waals surface area contributed by atoms with Crippen molar-refractivity contribution in [2.24, 2.45) is 0 Å². The molecule has 2 heterocycles. The van der Waals surface area contributed by atoms with Crippen LogP contribution in [-0.4, -0.2) is 64.1 Å². The fourth-order valence-electron chi connectivity index (χ4n) is 4.06. The molecular weight excluding hydrogens is 302 g/mol. The monoisotopic (exact) mass is 325 g/mol. The van der Waals surface area contributed by atoms with Gasteiger partial charge in [-0.1, -0.05) is 12.1 Å². The minimum Gasteiger partial charge on any atom is -0.391 e. The fraction of sp³-hybridized carbons (Fsp3) is 0.474. The highest BCUT2D eigenvalue weighted by Crippen LogP contribution is 2.26. The number of hydrogen-bond acceptors (Lipinski definition) is 4. The van der Waals surface area contributed by atoms with E-state index >= 15 is 0 Å². The van der Waals surface area contributed by atoms with E-state index in [0.29, 0.717) is 0 Å². The molecule has 0 spiro atoms. The molecule has 0 radical (unpaired) electrons.